The van der Waals surface area contributed by atoms with E-state index in [4.69, 9.17) is 0 Å². The molecule has 0 spiro atoms. The van der Waals surface area contributed by atoms with E-state index in [1.807, 2.05) is 13.0 Å². The third kappa shape index (κ3) is 1.66. The van der Waals surface area contributed by atoms with Crippen molar-refractivity contribution in [2.24, 2.45) is 7.05 Å². The SMILES string of the molecule is Cc1ccc2c(C(=O)O)c(C)c(=O)n(C)c2c1Br. The highest BCUT2D eigenvalue weighted by atomic mass is 79.9. The molecule has 1 N–H and O–H groups in total. The summed E-state index contributed by atoms with van der Waals surface area (Å²) >= 11 is 3.42. The van der Waals surface area contributed by atoms with Gasteiger partial charge in [0, 0.05) is 22.5 Å². The van der Waals surface area contributed by atoms with Gasteiger partial charge < -0.3 is 9.67 Å². The number of carboxylic acid groups (broad SMARTS) is 1. The lowest BCUT2D eigenvalue weighted by molar-refractivity contribution is 0.0698. The molecular weight excluding hydrogens is 298 g/mol. The minimum Gasteiger partial charge on any atom is -0.478 e. The average molecular weight is 310 g/mol. The molecule has 1 aromatic carbocycles. The van der Waals surface area contributed by atoms with Crippen LogP contribution in [0.2, 0.25) is 0 Å². The van der Waals surface area contributed by atoms with E-state index in [1.54, 1.807) is 20.0 Å². The van der Waals surface area contributed by atoms with Crippen molar-refractivity contribution in [2.45, 2.75) is 13.8 Å². The van der Waals surface area contributed by atoms with Crippen LogP contribution in [-0.2, 0) is 7.05 Å². The van der Waals surface area contributed by atoms with Gasteiger partial charge in [-0.05, 0) is 35.3 Å². The number of aromatic carboxylic acids is 1. The van der Waals surface area contributed by atoms with Crippen molar-refractivity contribution in [1.82, 2.24) is 4.57 Å². The van der Waals surface area contributed by atoms with E-state index in [0.717, 1.165) is 10.0 Å². The maximum Gasteiger partial charge on any atom is 0.336 e. The summed E-state index contributed by atoms with van der Waals surface area (Å²) in [6.07, 6.45) is 0. The van der Waals surface area contributed by atoms with Gasteiger partial charge in [-0.2, -0.15) is 0 Å². The zero-order valence-corrected chi connectivity index (χ0v) is 11.8. The van der Waals surface area contributed by atoms with Crippen LogP contribution in [0.25, 0.3) is 10.9 Å². The van der Waals surface area contributed by atoms with Gasteiger partial charge in [-0.3, -0.25) is 4.79 Å². The van der Waals surface area contributed by atoms with E-state index < -0.39 is 5.97 Å². The van der Waals surface area contributed by atoms with Gasteiger partial charge in [0.05, 0.1) is 11.1 Å². The first kappa shape index (κ1) is 12.8. The van der Waals surface area contributed by atoms with E-state index in [9.17, 15) is 14.7 Å². The summed E-state index contributed by atoms with van der Waals surface area (Å²) in [6.45, 7) is 3.44. The number of hydrogen-bond donors (Lipinski definition) is 1. The Hall–Kier alpha value is -1.62. The molecule has 0 amide bonds. The van der Waals surface area contributed by atoms with Crippen LogP contribution in [0.1, 0.15) is 21.5 Å². The number of aryl methyl sites for hydroxylation is 2. The van der Waals surface area contributed by atoms with Crippen molar-refractivity contribution in [1.29, 1.82) is 0 Å². The van der Waals surface area contributed by atoms with Gasteiger partial charge in [-0.15, -0.1) is 0 Å². The van der Waals surface area contributed by atoms with Crippen molar-refractivity contribution < 1.29 is 9.90 Å². The lowest BCUT2D eigenvalue weighted by Crippen LogP contribution is -2.23. The van der Waals surface area contributed by atoms with Gasteiger partial charge in [0.25, 0.3) is 5.56 Å². The van der Waals surface area contributed by atoms with E-state index in [2.05, 4.69) is 15.9 Å². The third-order valence-electron chi connectivity index (χ3n) is 3.13. The predicted octanol–water partition coefficient (Wildman–Crippen LogP) is 2.62. The van der Waals surface area contributed by atoms with Crippen LogP contribution in [0.5, 0.6) is 0 Å². The summed E-state index contributed by atoms with van der Waals surface area (Å²) in [6, 6.07) is 3.58. The molecule has 0 saturated heterocycles. The normalized spacial score (nSPS) is 10.9. The van der Waals surface area contributed by atoms with Crippen molar-refractivity contribution in [2.75, 3.05) is 0 Å². The molecule has 2 rings (SSSR count). The topological polar surface area (TPSA) is 59.3 Å². The number of benzene rings is 1. The summed E-state index contributed by atoms with van der Waals surface area (Å²) in [4.78, 5) is 23.4. The fourth-order valence-electron chi connectivity index (χ4n) is 2.13. The zero-order valence-electron chi connectivity index (χ0n) is 10.2. The van der Waals surface area contributed by atoms with Gasteiger partial charge in [0.15, 0.2) is 0 Å². The number of rotatable bonds is 1. The van der Waals surface area contributed by atoms with E-state index >= 15 is 0 Å². The Morgan fingerprint density at radius 3 is 2.50 bits per heavy atom. The smallest absolute Gasteiger partial charge is 0.336 e. The van der Waals surface area contributed by atoms with Crippen molar-refractivity contribution in [3.63, 3.8) is 0 Å². The summed E-state index contributed by atoms with van der Waals surface area (Å²) in [5.41, 5.74) is 1.62. The van der Waals surface area contributed by atoms with Crippen LogP contribution in [0.4, 0.5) is 0 Å². The van der Waals surface area contributed by atoms with Crippen molar-refractivity contribution in [3.05, 3.63) is 43.6 Å². The largest absolute Gasteiger partial charge is 0.478 e. The molecule has 18 heavy (non-hydrogen) atoms. The molecule has 5 heteroatoms. The number of halogens is 1. The number of carbonyl (C=O) groups is 1. The van der Waals surface area contributed by atoms with Crippen LogP contribution in [0.3, 0.4) is 0 Å². The second-order valence-electron chi connectivity index (χ2n) is 4.26. The lowest BCUT2D eigenvalue weighted by Gasteiger charge is -2.13. The average Bonchev–Trinajstić information content (AvgIpc) is 2.30. The Labute approximate surface area is 112 Å². The molecule has 1 heterocycles. The first-order chi connectivity index (χ1) is 8.36. The molecule has 0 atom stereocenters. The molecule has 0 fully saturated rings. The second-order valence-corrected chi connectivity index (χ2v) is 5.05. The molecule has 0 radical (unpaired) electrons. The van der Waals surface area contributed by atoms with E-state index in [1.165, 1.54) is 4.57 Å². The number of nitrogens with zero attached hydrogens (tertiary/aromatic N) is 1. The number of fused-ring (bicyclic) bond motifs is 1. The molecule has 0 bridgehead atoms. The van der Waals surface area contributed by atoms with Gasteiger partial charge in [0.2, 0.25) is 0 Å². The van der Waals surface area contributed by atoms with Crippen LogP contribution in [0.15, 0.2) is 21.4 Å². The molecule has 2 aromatic rings. The minimum atomic E-state index is -1.08. The first-order valence-corrected chi connectivity index (χ1v) is 6.17. The molecule has 0 aliphatic rings. The fraction of sp³-hybridized carbons (Fsp3) is 0.231. The molecule has 94 valence electrons. The molecule has 4 nitrogen and oxygen atoms in total. The zero-order chi connectivity index (χ0) is 13.6. The Balaban J connectivity index is 3.17. The van der Waals surface area contributed by atoms with Gasteiger partial charge in [-0.25, -0.2) is 4.79 Å². The predicted molar refractivity (Wildman–Crippen MR) is 73.3 cm³/mol. The lowest BCUT2D eigenvalue weighted by atomic mass is 10.0. The highest BCUT2D eigenvalue weighted by Crippen LogP contribution is 2.29. The van der Waals surface area contributed by atoms with Crippen molar-refractivity contribution >= 4 is 32.8 Å². The first-order valence-electron chi connectivity index (χ1n) is 5.38. The summed E-state index contributed by atoms with van der Waals surface area (Å²) < 4.78 is 2.23. The molecule has 0 saturated carbocycles. The standard InChI is InChI=1S/C13H12BrNO3/c1-6-4-5-8-9(13(17)18)7(2)12(16)15(3)11(8)10(6)14/h4-5H,1-3H3,(H,17,18). The quantitative estimate of drug-likeness (QED) is 0.881. The molecule has 0 unspecified atom stereocenters. The van der Waals surface area contributed by atoms with Crippen LogP contribution < -0.4 is 5.56 Å². The second kappa shape index (κ2) is 4.24. The Morgan fingerprint density at radius 2 is 1.94 bits per heavy atom. The monoisotopic (exact) mass is 309 g/mol. The van der Waals surface area contributed by atoms with Crippen LogP contribution in [0, 0.1) is 13.8 Å². The molecule has 1 aromatic heterocycles. The molecule has 0 aliphatic carbocycles. The van der Waals surface area contributed by atoms with Gasteiger partial charge >= 0.3 is 5.97 Å². The minimum absolute atomic E-state index is 0.0776. The molecular formula is C13H12BrNO3. The maximum absolute atomic E-state index is 12.1. The van der Waals surface area contributed by atoms with Crippen LogP contribution >= 0.6 is 15.9 Å². The third-order valence-corrected chi connectivity index (χ3v) is 4.13. The fourth-order valence-corrected chi connectivity index (χ4v) is 2.74. The van der Waals surface area contributed by atoms with Gasteiger partial charge in [0.1, 0.15) is 0 Å². The number of carboxylic acids is 1. The maximum atomic E-state index is 12.1. The summed E-state index contributed by atoms with van der Waals surface area (Å²) in [5, 5.41) is 9.84. The van der Waals surface area contributed by atoms with Crippen molar-refractivity contribution in [3.8, 4) is 0 Å². The highest BCUT2D eigenvalue weighted by Gasteiger charge is 2.19. The van der Waals surface area contributed by atoms with Crippen LogP contribution in [-0.4, -0.2) is 15.6 Å². The highest BCUT2D eigenvalue weighted by molar-refractivity contribution is 9.10. The Morgan fingerprint density at radius 1 is 1.33 bits per heavy atom. The van der Waals surface area contributed by atoms with Gasteiger partial charge in [-0.1, -0.05) is 12.1 Å². The Kier molecular flexibility index (Phi) is 3.02. The Bertz CT molecular complexity index is 731. The summed E-state index contributed by atoms with van der Waals surface area (Å²) in [5.74, 6) is -1.08. The van der Waals surface area contributed by atoms with E-state index in [-0.39, 0.29) is 16.7 Å². The molecule has 0 aliphatic heterocycles. The number of pyridine rings is 1. The van der Waals surface area contributed by atoms with E-state index in [0.29, 0.717) is 10.9 Å². The number of hydrogen-bond acceptors (Lipinski definition) is 2. The summed E-state index contributed by atoms with van der Waals surface area (Å²) in [7, 11) is 1.65. The number of aromatic nitrogens is 1.